The summed E-state index contributed by atoms with van der Waals surface area (Å²) < 4.78 is 40.2. The second-order valence-corrected chi connectivity index (χ2v) is 7.57. The van der Waals surface area contributed by atoms with Gasteiger partial charge in [-0.2, -0.15) is 16.1 Å². The van der Waals surface area contributed by atoms with Crippen LogP contribution in [0.3, 0.4) is 0 Å². The molecule has 0 aliphatic carbocycles. The number of thioether (sulfide) groups is 1. The Kier molecular flexibility index (Phi) is 5.65. The molecule has 0 atom stereocenters. The van der Waals surface area contributed by atoms with Crippen LogP contribution in [0.25, 0.3) is 0 Å². The lowest BCUT2D eigenvalue weighted by Gasteiger charge is -2.25. The number of rotatable bonds is 3. The summed E-state index contributed by atoms with van der Waals surface area (Å²) in [6.07, 6.45) is 0.299. The summed E-state index contributed by atoms with van der Waals surface area (Å²) in [7, 11) is -3.78. The highest BCUT2D eigenvalue weighted by Gasteiger charge is 2.28. The first-order chi connectivity index (χ1) is 10.1. The van der Waals surface area contributed by atoms with Crippen molar-refractivity contribution < 1.29 is 17.9 Å². The van der Waals surface area contributed by atoms with E-state index in [-0.39, 0.29) is 11.5 Å². The van der Waals surface area contributed by atoms with E-state index in [4.69, 9.17) is 5.11 Å². The van der Waals surface area contributed by atoms with Crippen LogP contribution < -0.4 is 0 Å². The summed E-state index contributed by atoms with van der Waals surface area (Å²) >= 11 is 1.69. The van der Waals surface area contributed by atoms with Crippen LogP contribution in [0.4, 0.5) is 4.39 Å². The molecule has 1 aromatic rings. The summed E-state index contributed by atoms with van der Waals surface area (Å²) in [5.41, 5.74) is 0.397. The van der Waals surface area contributed by atoms with E-state index in [2.05, 4.69) is 11.8 Å². The summed E-state index contributed by atoms with van der Waals surface area (Å²) in [6, 6.07) is 3.87. The minimum absolute atomic E-state index is 0.0606. The number of hydrogen-bond acceptors (Lipinski definition) is 4. The number of halogens is 1. The van der Waals surface area contributed by atoms with Crippen molar-refractivity contribution in [3.05, 3.63) is 29.6 Å². The molecule has 0 spiro atoms. The lowest BCUT2D eigenvalue weighted by Crippen LogP contribution is -2.38. The van der Waals surface area contributed by atoms with Crippen LogP contribution >= 0.6 is 11.8 Å². The van der Waals surface area contributed by atoms with Gasteiger partial charge in [-0.15, -0.1) is 0 Å². The highest BCUT2D eigenvalue weighted by molar-refractivity contribution is 7.99. The van der Waals surface area contributed by atoms with Gasteiger partial charge in [0, 0.05) is 36.6 Å². The monoisotopic (exact) mass is 329 g/mol. The third-order valence-corrected chi connectivity index (χ3v) is 5.86. The maximum Gasteiger partial charge on any atom is 0.246 e. The molecule has 0 radical (unpaired) electrons. The van der Waals surface area contributed by atoms with Crippen molar-refractivity contribution in [2.45, 2.75) is 11.3 Å². The second kappa shape index (κ2) is 7.27. The lowest BCUT2D eigenvalue weighted by molar-refractivity contribution is 0.305. The summed E-state index contributed by atoms with van der Waals surface area (Å²) in [6.45, 7) is 0.754. The van der Waals surface area contributed by atoms with E-state index < -0.39 is 15.8 Å². The van der Waals surface area contributed by atoms with Crippen molar-refractivity contribution in [3.63, 3.8) is 0 Å². The minimum atomic E-state index is -3.78. The van der Waals surface area contributed by atoms with Gasteiger partial charge in [0.2, 0.25) is 10.0 Å². The van der Waals surface area contributed by atoms with Crippen LogP contribution in [0.2, 0.25) is 0 Å². The van der Waals surface area contributed by atoms with Crippen LogP contribution in [0, 0.1) is 17.7 Å². The van der Waals surface area contributed by atoms with Crippen LogP contribution in [0.15, 0.2) is 23.1 Å². The quantitative estimate of drug-likeness (QED) is 0.849. The Morgan fingerprint density at radius 3 is 2.67 bits per heavy atom. The molecule has 1 fully saturated rings. The van der Waals surface area contributed by atoms with E-state index in [0.717, 1.165) is 17.6 Å². The first-order valence-electron chi connectivity index (χ1n) is 6.53. The first kappa shape index (κ1) is 16.3. The molecule has 0 aromatic heterocycles. The third-order valence-electron chi connectivity index (χ3n) is 2.99. The van der Waals surface area contributed by atoms with Gasteiger partial charge in [-0.3, -0.25) is 0 Å². The zero-order valence-corrected chi connectivity index (χ0v) is 13.0. The van der Waals surface area contributed by atoms with Crippen molar-refractivity contribution in [2.24, 2.45) is 0 Å². The van der Waals surface area contributed by atoms with Gasteiger partial charge in [-0.25, -0.2) is 12.8 Å². The number of aliphatic hydroxyl groups excluding tert-OH is 1. The van der Waals surface area contributed by atoms with Gasteiger partial charge in [0.05, 0.1) is 6.61 Å². The second-order valence-electron chi connectivity index (χ2n) is 4.44. The fourth-order valence-electron chi connectivity index (χ4n) is 1.93. The Balaban J connectivity index is 2.26. The van der Waals surface area contributed by atoms with Gasteiger partial charge in [-0.05, 0) is 18.2 Å². The molecule has 21 heavy (non-hydrogen) atoms. The Morgan fingerprint density at radius 1 is 1.33 bits per heavy atom. The molecule has 0 amide bonds. The van der Waals surface area contributed by atoms with Crippen molar-refractivity contribution >= 4 is 21.8 Å². The van der Waals surface area contributed by atoms with E-state index in [9.17, 15) is 12.8 Å². The molecule has 1 heterocycles. The zero-order valence-electron chi connectivity index (χ0n) is 11.4. The molecule has 1 N–H and O–H groups in total. The van der Waals surface area contributed by atoms with Crippen molar-refractivity contribution in [3.8, 4) is 11.8 Å². The molecule has 0 bridgehead atoms. The number of hydrogen-bond donors (Lipinski definition) is 1. The number of benzene rings is 1. The summed E-state index contributed by atoms with van der Waals surface area (Å²) in [4.78, 5) is -0.304. The molecule has 1 saturated heterocycles. The SMILES string of the molecule is O=S(=O)(c1ccc(C#CCCO)cc1F)N1CCSCC1. The number of aliphatic hydroxyl groups is 1. The molecular formula is C14H16FNO3S2. The normalized spacial score (nSPS) is 16.3. The fourth-order valence-corrected chi connectivity index (χ4v) is 4.56. The Hall–Kier alpha value is -1.07. The number of nitrogens with zero attached hydrogens (tertiary/aromatic N) is 1. The maximum absolute atomic E-state index is 14.1. The topological polar surface area (TPSA) is 57.6 Å². The fraction of sp³-hybridized carbons (Fsp3) is 0.429. The highest BCUT2D eigenvalue weighted by Crippen LogP contribution is 2.23. The molecule has 0 saturated carbocycles. The van der Waals surface area contributed by atoms with Gasteiger partial charge in [0.1, 0.15) is 10.7 Å². The zero-order chi connectivity index (χ0) is 15.3. The molecule has 1 aliphatic rings. The molecule has 1 aliphatic heterocycles. The minimum Gasteiger partial charge on any atom is -0.395 e. The predicted molar refractivity (Wildman–Crippen MR) is 81.1 cm³/mol. The Bertz CT molecular complexity index is 659. The van der Waals surface area contributed by atoms with Crippen LogP contribution in [-0.2, 0) is 10.0 Å². The average Bonchev–Trinajstić information content (AvgIpc) is 2.48. The maximum atomic E-state index is 14.1. The molecule has 4 nitrogen and oxygen atoms in total. The Morgan fingerprint density at radius 2 is 2.05 bits per heavy atom. The molecule has 0 unspecified atom stereocenters. The van der Waals surface area contributed by atoms with Crippen LogP contribution in [0.1, 0.15) is 12.0 Å². The molecular weight excluding hydrogens is 313 g/mol. The molecule has 7 heteroatoms. The Labute approximate surface area is 128 Å². The molecule has 2 rings (SSSR count). The smallest absolute Gasteiger partial charge is 0.246 e. The lowest BCUT2D eigenvalue weighted by atomic mass is 10.2. The van der Waals surface area contributed by atoms with E-state index in [0.29, 0.717) is 25.1 Å². The highest BCUT2D eigenvalue weighted by atomic mass is 32.2. The standard InChI is InChI=1S/C14H16FNO3S2/c15-13-11-12(3-1-2-8-17)4-5-14(13)21(18,19)16-6-9-20-10-7-16/h4-5,11,17H,2,6-10H2. The van der Waals surface area contributed by atoms with Crippen LogP contribution in [-0.4, -0.2) is 49.0 Å². The van der Waals surface area contributed by atoms with Gasteiger partial charge in [0.15, 0.2) is 0 Å². The van der Waals surface area contributed by atoms with E-state index in [1.54, 1.807) is 11.8 Å². The van der Waals surface area contributed by atoms with Crippen molar-refractivity contribution in [2.75, 3.05) is 31.2 Å². The third kappa shape index (κ3) is 3.98. The largest absolute Gasteiger partial charge is 0.395 e. The van der Waals surface area contributed by atoms with Gasteiger partial charge >= 0.3 is 0 Å². The average molecular weight is 329 g/mol. The summed E-state index contributed by atoms with van der Waals surface area (Å²) in [5.74, 6) is 6.02. The van der Waals surface area contributed by atoms with E-state index >= 15 is 0 Å². The molecule has 114 valence electrons. The van der Waals surface area contributed by atoms with Gasteiger partial charge < -0.3 is 5.11 Å². The van der Waals surface area contributed by atoms with Gasteiger partial charge in [-0.1, -0.05) is 11.8 Å². The predicted octanol–water partition coefficient (Wildman–Crippen LogP) is 1.30. The first-order valence-corrected chi connectivity index (χ1v) is 9.12. The van der Waals surface area contributed by atoms with E-state index in [1.807, 2.05) is 0 Å². The van der Waals surface area contributed by atoms with Gasteiger partial charge in [0.25, 0.3) is 0 Å². The number of sulfonamides is 1. The molecule has 1 aromatic carbocycles. The van der Waals surface area contributed by atoms with Crippen LogP contribution in [0.5, 0.6) is 0 Å². The summed E-state index contributed by atoms with van der Waals surface area (Å²) in [5, 5.41) is 8.63. The van der Waals surface area contributed by atoms with Crippen molar-refractivity contribution in [1.82, 2.24) is 4.31 Å². The van der Waals surface area contributed by atoms with E-state index in [1.165, 1.54) is 16.4 Å². The van der Waals surface area contributed by atoms with Crippen molar-refractivity contribution in [1.29, 1.82) is 0 Å².